The highest BCUT2D eigenvalue weighted by molar-refractivity contribution is 5.89. The SMILES string of the molecule is NCCCOC1CCN(C(=O)Nc2ccccc2F)CC1. The van der Waals surface area contributed by atoms with Crippen molar-refractivity contribution < 1.29 is 13.9 Å². The van der Waals surface area contributed by atoms with Gasteiger partial charge in [0.05, 0.1) is 11.8 Å². The second-order valence-electron chi connectivity index (χ2n) is 5.11. The van der Waals surface area contributed by atoms with Crippen molar-refractivity contribution in [2.45, 2.75) is 25.4 Å². The quantitative estimate of drug-likeness (QED) is 0.818. The molecule has 1 heterocycles. The van der Waals surface area contributed by atoms with E-state index in [9.17, 15) is 9.18 Å². The van der Waals surface area contributed by atoms with Gasteiger partial charge in [-0.3, -0.25) is 0 Å². The van der Waals surface area contributed by atoms with Crippen molar-refractivity contribution in [3.63, 3.8) is 0 Å². The van der Waals surface area contributed by atoms with E-state index < -0.39 is 5.82 Å². The molecule has 1 aliphatic heterocycles. The molecule has 2 amide bonds. The lowest BCUT2D eigenvalue weighted by atomic mass is 10.1. The molecule has 1 aromatic carbocycles. The number of likely N-dealkylation sites (tertiary alicyclic amines) is 1. The molecule has 1 fully saturated rings. The first-order chi connectivity index (χ1) is 10.2. The van der Waals surface area contributed by atoms with Crippen LogP contribution in [0.15, 0.2) is 24.3 Å². The van der Waals surface area contributed by atoms with E-state index in [0.29, 0.717) is 26.2 Å². The van der Waals surface area contributed by atoms with Crippen molar-refractivity contribution in [3.8, 4) is 0 Å². The number of halogens is 1. The molecular weight excluding hydrogens is 273 g/mol. The van der Waals surface area contributed by atoms with Crippen LogP contribution in [0.4, 0.5) is 14.9 Å². The standard InChI is InChI=1S/C15H22FN3O2/c16-13-4-1-2-5-14(13)18-15(20)19-9-6-12(7-10-19)21-11-3-8-17/h1-2,4-5,12H,3,6-11,17H2,(H,18,20). The van der Waals surface area contributed by atoms with Crippen molar-refractivity contribution in [3.05, 3.63) is 30.1 Å². The summed E-state index contributed by atoms with van der Waals surface area (Å²) >= 11 is 0. The number of nitrogens with two attached hydrogens (primary N) is 1. The Bertz CT molecular complexity index is 462. The van der Waals surface area contributed by atoms with Crippen LogP contribution in [0.2, 0.25) is 0 Å². The van der Waals surface area contributed by atoms with Gasteiger partial charge in [0.2, 0.25) is 0 Å². The summed E-state index contributed by atoms with van der Waals surface area (Å²) in [5.41, 5.74) is 5.63. The molecule has 116 valence electrons. The van der Waals surface area contributed by atoms with Gasteiger partial charge in [0, 0.05) is 19.7 Å². The number of piperidine rings is 1. The number of nitrogens with zero attached hydrogens (tertiary/aromatic N) is 1. The van der Waals surface area contributed by atoms with E-state index in [0.717, 1.165) is 19.3 Å². The molecule has 21 heavy (non-hydrogen) atoms. The van der Waals surface area contributed by atoms with Crippen molar-refractivity contribution >= 4 is 11.7 Å². The number of hydrogen-bond donors (Lipinski definition) is 2. The number of ether oxygens (including phenoxy) is 1. The number of benzene rings is 1. The molecule has 2 rings (SSSR count). The van der Waals surface area contributed by atoms with Gasteiger partial charge in [-0.2, -0.15) is 0 Å². The summed E-state index contributed by atoms with van der Waals surface area (Å²) in [6, 6.07) is 5.90. The topological polar surface area (TPSA) is 67.6 Å². The molecule has 0 radical (unpaired) electrons. The lowest BCUT2D eigenvalue weighted by molar-refractivity contribution is 0.0156. The van der Waals surface area contributed by atoms with Crippen LogP contribution in [-0.4, -0.2) is 43.3 Å². The Morgan fingerprint density at radius 2 is 2.10 bits per heavy atom. The molecule has 1 aromatic rings. The van der Waals surface area contributed by atoms with Crippen LogP contribution >= 0.6 is 0 Å². The van der Waals surface area contributed by atoms with Crippen LogP contribution in [-0.2, 0) is 4.74 Å². The van der Waals surface area contributed by atoms with E-state index in [-0.39, 0.29) is 17.8 Å². The molecular formula is C15H22FN3O2. The zero-order valence-corrected chi connectivity index (χ0v) is 12.1. The maximum Gasteiger partial charge on any atom is 0.321 e. The molecule has 0 atom stereocenters. The zero-order valence-electron chi connectivity index (χ0n) is 12.1. The molecule has 1 saturated heterocycles. The monoisotopic (exact) mass is 295 g/mol. The summed E-state index contributed by atoms with van der Waals surface area (Å²) in [6.45, 7) is 2.54. The predicted molar refractivity (Wildman–Crippen MR) is 79.6 cm³/mol. The van der Waals surface area contributed by atoms with Gasteiger partial charge >= 0.3 is 6.03 Å². The van der Waals surface area contributed by atoms with E-state index in [4.69, 9.17) is 10.5 Å². The molecule has 6 heteroatoms. The number of rotatable bonds is 5. The number of amides is 2. The number of urea groups is 1. The molecule has 0 spiro atoms. The Labute approximate surface area is 124 Å². The third-order valence-electron chi connectivity index (χ3n) is 3.55. The minimum Gasteiger partial charge on any atom is -0.378 e. The normalized spacial score (nSPS) is 16.0. The number of nitrogens with one attached hydrogen (secondary N) is 1. The number of anilines is 1. The van der Waals surface area contributed by atoms with Gasteiger partial charge in [-0.25, -0.2) is 9.18 Å². The Balaban J connectivity index is 1.77. The second-order valence-corrected chi connectivity index (χ2v) is 5.11. The highest BCUT2D eigenvalue weighted by Crippen LogP contribution is 2.17. The number of hydrogen-bond acceptors (Lipinski definition) is 3. The molecule has 0 aromatic heterocycles. The maximum atomic E-state index is 13.5. The van der Waals surface area contributed by atoms with Gasteiger partial charge in [-0.05, 0) is 37.9 Å². The van der Waals surface area contributed by atoms with Crippen LogP contribution in [0.5, 0.6) is 0 Å². The highest BCUT2D eigenvalue weighted by atomic mass is 19.1. The first kappa shape index (κ1) is 15.7. The lowest BCUT2D eigenvalue weighted by Gasteiger charge is -2.32. The predicted octanol–water partition coefficient (Wildman–Crippen LogP) is 2.19. The van der Waals surface area contributed by atoms with Gasteiger partial charge in [0.15, 0.2) is 0 Å². The van der Waals surface area contributed by atoms with Crippen LogP contribution in [0, 0.1) is 5.82 Å². The molecule has 0 aliphatic carbocycles. The van der Waals surface area contributed by atoms with E-state index >= 15 is 0 Å². The highest BCUT2D eigenvalue weighted by Gasteiger charge is 2.23. The third kappa shape index (κ3) is 4.68. The Kier molecular flexibility index (Phi) is 5.95. The van der Waals surface area contributed by atoms with Crippen LogP contribution in [0.3, 0.4) is 0 Å². The average molecular weight is 295 g/mol. The van der Waals surface area contributed by atoms with Crippen LogP contribution < -0.4 is 11.1 Å². The summed E-state index contributed by atoms with van der Waals surface area (Å²) in [7, 11) is 0. The Morgan fingerprint density at radius 1 is 1.38 bits per heavy atom. The summed E-state index contributed by atoms with van der Waals surface area (Å²) in [6.07, 6.45) is 2.65. The van der Waals surface area contributed by atoms with Crippen LogP contribution in [0.1, 0.15) is 19.3 Å². The molecule has 0 bridgehead atoms. The molecule has 0 saturated carbocycles. The van der Waals surface area contributed by atoms with Crippen molar-refractivity contribution in [1.29, 1.82) is 0 Å². The largest absolute Gasteiger partial charge is 0.378 e. The molecule has 1 aliphatic rings. The summed E-state index contributed by atoms with van der Waals surface area (Å²) in [4.78, 5) is 13.8. The minimum atomic E-state index is -0.425. The Hall–Kier alpha value is -1.66. The maximum absolute atomic E-state index is 13.5. The van der Waals surface area contributed by atoms with Crippen molar-refractivity contribution in [2.75, 3.05) is 31.6 Å². The molecule has 5 nitrogen and oxygen atoms in total. The van der Waals surface area contributed by atoms with E-state index in [1.807, 2.05) is 0 Å². The van der Waals surface area contributed by atoms with Gasteiger partial charge in [-0.15, -0.1) is 0 Å². The number of para-hydroxylation sites is 1. The first-order valence-corrected chi connectivity index (χ1v) is 7.33. The zero-order chi connectivity index (χ0) is 15.1. The molecule has 0 unspecified atom stereocenters. The van der Waals surface area contributed by atoms with E-state index in [1.54, 1.807) is 23.1 Å². The fourth-order valence-corrected chi connectivity index (χ4v) is 2.32. The second kappa shape index (κ2) is 7.95. The van der Waals surface area contributed by atoms with Gasteiger partial charge in [-0.1, -0.05) is 12.1 Å². The first-order valence-electron chi connectivity index (χ1n) is 7.33. The molecule has 3 N–H and O–H groups in total. The fraction of sp³-hybridized carbons (Fsp3) is 0.533. The average Bonchev–Trinajstić information content (AvgIpc) is 2.50. The van der Waals surface area contributed by atoms with Gasteiger partial charge in [0.25, 0.3) is 0 Å². The van der Waals surface area contributed by atoms with Crippen molar-refractivity contribution in [1.82, 2.24) is 4.90 Å². The lowest BCUT2D eigenvalue weighted by Crippen LogP contribution is -2.43. The van der Waals surface area contributed by atoms with Gasteiger partial charge < -0.3 is 20.7 Å². The summed E-state index contributed by atoms with van der Waals surface area (Å²) in [5, 5.41) is 2.60. The smallest absolute Gasteiger partial charge is 0.321 e. The summed E-state index contributed by atoms with van der Waals surface area (Å²) < 4.78 is 19.2. The minimum absolute atomic E-state index is 0.189. The van der Waals surface area contributed by atoms with Crippen molar-refractivity contribution in [2.24, 2.45) is 5.73 Å². The number of carbonyl (C=O) groups excluding carboxylic acids is 1. The van der Waals surface area contributed by atoms with E-state index in [1.165, 1.54) is 6.07 Å². The van der Waals surface area contributed by atoms with Gasteiger partial charge in [0.1, 0.15) is 5.82 Å². The summed E-state index contributed by atoms with van der Waals surface area (Å²) in [5.74, 6) is -0.425. The van der Waals surface area contributed by atoms with E-state index in [2.05, 4.69) is 5.32 Å². The Morgan fingerprint density at radius 3 is 2.76 bits per heavy atom. The number of carbonyl (C=O) groups is 1. The fourth-order valence-electron chi connectivity index (χ4n) is 2.32. The van der Waals surface area contributed by atoms with Crippen LogP contribution in [0.25, 0.3) is 0 Å². The third-order valence-corrected chi connectivity index (χ3v) is 3.55.